The van der Waals surface area contributed by atoms with E-state index in [1.807, 2.05) is 43.3 Å². The van der Waals surface area contributed by atoms with E-state index >= 15 is 0 Å². The minimum Gasteiger partial charge on any atom is -0.497 e. The van der Waals surface area contributed by atoms with Gasteiger partial charge in [0, 0.05) is 24.0 Å². The van der Waals surface area contributed by atoms with Crippen molar-refractivity contribution in [2.45, 2.75) is 6.54 Å². The Kier molecular flexibility index (Phi) is 6.98. The van der Waals surface area contributed by atoms with Gasteiger partial charge in [-0.05, 0) is 56.6 Å². The standard InChI is InChI=1S/C26H27N3O5/c1-28(2)13-14-29(17-20-10-7-15-33-20)26(31)24-23(21-11-4-5-12-22(21)34-24)27-25(30)18-8-6-9-19(16-18)32-3/h4-12,15-16H,13-14,17H2,1-3H3,(H,27,30). The lowest BCUT2D eigenvalue weighted by Gasteiger charge is -2.23. The molecule has 0 saturated carbocycles. The molecule has 0 aliphatic rings. The number of likely N-dealkylation sites (N-methyl/N-ethyl adjacent to an activating group) is 1. The highest BCUT2D eigenvalue weighted by atomic mass is 16.5. The number of methoxy groups -OCH3 is 1. The first kappa shape index (κ1) is 23.1. The zero-order valence-electron chi connectivity index (χ0n) is 19.4. The van der Waals surface area contributed by atoms with Gasteiger partial charge in [-0.15, -0.1) is 0 Å². The molecule has 0 bridgehead atoms. The topological polar surface area (TPSA) is 88.2 Å². The van der Waals surface area contributed by atoms with Gasteiger partial charge in [0.2, 0.25) is 5.76 Å². The molecule has 8 nitrogen and oxygen atoms in total. The number of benzene rings is 2. The molecule has 2 aromatic heterocycles. The molecular weight excluding hydrogens is 434 g/mol. The zero-order valence-corrected chi connectivity index (χ0v) is 19.4. The van der Waals surface area contributed by atoms with E-state index in [1.165, 1.54) is 0 Å². The van der Waals surface area contributed by atoms with E-state index in [1.54, 1.807) is 54.7 Å². The van der Waals surface area contributed by atoms with Crippen LogP contribution < -0.4 is 10.1 Å². The first-order valence-corrected chi connectivity index (χ1v) is 10.9. The van der Waals surface area contributed by atoms with Gasteiger partial charge in [0.25, 0.3) is 11.8 Å². The third-order valence-electron chi connectivity index (χ3n) is 5.39. The van der Waals surface area contributed by atoms with Crippen LogP contribution in [0.25, 0.3) is 11.0 Å². The molecule has 4 aromatic rings. The number of carbonyl (C=O) groups excluding carboxylic acids is 2. The van der Waals surface area contributed by atoms with E-state index < -0.39 is 0 Å². The largest absolute Gasteiger partial charge is 0.497 e. The number of carbonyl (C=O) groups is 2. The van der Waals surface area contributed by atoms with Crippen molar-refractivity contribution in [3.63, 3.8) is 0 Å². The number of anilines is 1. The number of amides is 2. The molecule has 8 heteroatoms. The Balaban J connectivity index is 1.69. The number of ether oxygens (including phenoxy) is 1. The summed E-state index contributed by atoms with van der Waals surface area (Å²) < 4.78 is 16.7. The molecule has 0 spiro atoms. The lowest BCUT2D eigenvalue weighted by Crippen LogP contribution is -2.36. The number of para-hydroxylation sites is 1. The van der Waals surface area contributed by atoms with Crippen LogP contribution in [0.2, 0.25) is 0 Å². The Labute approximate surface area is 197 Å². The van der Waals surface area contributed by atoms with Crippen molar-refractivity contribution in [3.8, 4) is 5.75 Å². The summed E-state index contributed by atoms with van der Waals surface area (Å²) in [6, 6.07) is 17.7. The van der Waals surface area contributed by atoms with Gasteiger partial charge in [-0.1, -0.05) is 18.2 Å². The summed E-state index contributed by atoms with van der Waals surface area (Å²) in [5.41, 5.74) is 1.25. The average Bonchev–Trinajstić information content (AvgIpc) is 3.49. The van der Waals surface area contributed by atoms with E-state index in [-0.39, 0.29) is 24.1 Å². The normalized spacial score (nSPS) is 11.1. The van der Waals surface area contributed by atoms with Gasteiger partial charge in [-0.2, -0.15) is 0 Å². The number of hydrogen-bond acceptors (Lipinski definition) is 6. The molecular formula is C26H27N3O5. The van der Waals surface area contributed by atoms with Crippen molar-refractivity contribution >= 4 is 28.5 Å². The first-order valence-electron chi connectivity index (χ1n) is 10.9. The second-order valence-corrected chi connectivity index (χ2v) is 8.10. The van der Waals surface area contributed by atoms with Crippen molar-refractivity contribution in [3.05, 3.63) is 84.0 Å². The zero-order chi connectivity index (χ0) is 24.1. The fourth-order valence-corrected chi connectivity index (χ4v) is 3.58. The molecule has 34 heavy (non-hydrogen) atoms. The highest BCUT2D eigenvalue weighted by Crippen LogP contribution is 2.32. The Morgan fingerprint density at radius 1 is 1.00 bits per heavy atom. The fraction of sp³-hybridized carbons (Fsp3) is 0.231. The summed E-state index contributed by atoms with van der Waals surface area (Å²) in [5.74, 6) is 0.586. The minimum absolute atomic E-state index is 0.0720. The van der Waals surface area contributed by atoms with Crippen LogP contribution in [-0.4, -0.2) is 55.9 Å². The van der Waals surface area contributed by atoms with Gasteiger partial charge in [0.1, 0.15) is 22.8 Å². The second-order valence-electron chi connectivity index (χ2n) is 8.10. The average molecular weight is 462 g/mol. The Hall–Kier alpha value is -4.04. The van der Waals surface area contributed by atoms with Crippen LogP contribution in [0, 0.1) is 0 Å². The van der Waals surface area contributed by atoms with Crippen molar-refractivity contribution in [2.24, 2.45) is 0 Å². The number of fused-ring (bicyclic) bond motifs is 1. The molecule has 2 amide bonds. The monoisotopic (exact) mass is 461 g/mol. The molecule has 176 valence electrons. The number of nitrogens with zero attached hydrogens (tertiary/aromatic N) is 2. The molecule has 2 heterocycles. The summed E-state index contributed by atoms with van der Waals surface area (Å²) in [6.07, 6.45) is 1.57. The molecule has 0 radical (unpaired) electrons. The predicted octanol–water partition coefficient (Wildman–Crippen LogP) is 4.49. The van der Waals surface area contributed by atoms with Gasteiger partial charge < -0.3 is 28.7 Å². The van der Waals surface area contributed by atoms with Crippen LogP contribution in [0.5, 0.6) is 5.75 Å². The molecule has 0 aliphatic carbocycles. The van der Waals surface area contributed by atoms with E-state index in [0.717, 1.165) is 0 Å². The van der Waals surface area contributed by atoms with Crippen LogP contribution in [0.3, 0.4) is 0 Å². The van der Waals surface area contributed by atoms with E-state index in [0.29, 0.717) is 46.8 Å². The Morgan fingerprint density at radius 3 is 2.56 bits per heavy atom. The van der Waals surface area contributed by atoms with Gasteiger partial charge in [-0.3, -0.25) is 9.59 Å². The SMILES string of the molecule is COc1cccc(C(=O)Nc2c(C(=O)N(CCN(C)C)Cc3ccco3)oc3ccccc23)c1. The molecule has 0 aliphatic heterocycles. The minimum atomic E-state index is -0.370. The van der Waals surface area contributed by atoms with E-state index in [9.17, 15) is 9.59 Å². The third-order valence-corrected chi connectivity index (χ3v) is 5.39. The highest BCUT2D eigenvalue weighted by molar-refractivity contribution is 6.14. The summed E-state index contributed by atoms with van der Waals surface area (Å²) in [5, 5.41) is 3.54. The van der Waals surface area contributed by atoms with Gasteiger partial charge in [0.05, 0.1) is 19.9 Å². The van der Waals surface area contributed by atoms with E-state index in [2.05, 4.69) is 5.32 Å². The quantitative estimate of drug-likeness (QED) is 0.395. The number of hydrogen-bond donors (Lipinski definition) is 1. The van der Waals surface area contributed by atoms with Crippen molar-refractivity contribution in [1.82, 2.24) is 9.80 Å². The van der Waals surface area contributed by atoms with Crippen molar-refractivity contribution in [1.29, 1.82) is 0 Å². The highest BCUT2D eigenvalue weighted by Gasteiger charge is 2.27. The van der Waals surface area contributed by atoms with Crippen LogP contribution in [0.4, 0.5) is 5.69 Å². The van der Waals surface area contributed by atoms with Crippen LogP contribution in [-0.2, 0) is 6.54 Å². The number of rotatable bonds is 9. The maximum Gasteiger partial charge on any atom is 0.292 e. The maximum atomic E-state index is 13.7. The molecule has 2 aromatic carbocycles. The van der Waals surface area contributed by atoms with Crippen molar-refractivity contribution < 1.29 is 23.2 Å². The van der Waals surface area contributed by atoms with Gasteiger partial charge in [-0.25, -0.2) is 0 Å². The van der Waals surface area contributed by atoms with Gasteiger partial charge >= 0.3 is 0 Å². The summed E-state index contributed by atoms with van der Waals surface area (Å²) in [6.45, 7) is 1.38. The molecule has 0 atom stereocenters. The van der Waals surface area contributed by atoms with E-state index in [4.69, 9.17) is 13.6 Å². The summed E-state index contributed by atoms with van der Waals surface area (Å²) in [4.78, 5) is 30.4. The van der Waals surface area contributed by atoms with Crippen LogP contribution in [0.1, 0.15) is 26.7 Å². The first-order chi connectivity index (χ1) is 16.5. The predicted molar refractivity (Wildman–Crippen MR) is 129 cm³/mol. The Bertz CT molecular complexity index is 1280. The maximum absolute atomic E-state index is 13.7. The lowest BCUT2D eigenvalue weighted by molar-refractivity contribution is 0.0691. The third kappa shape index (κ3) is 5.13. The number of nitrogens with one attached hydrogen (secondary N) is 1. The van der Waals surface area contributed by atoms with Crippen molar-refractivity contribution in [2.75, 3.05) is 39.6 Å². The lowest BCUT2D eigenvalue weighted by atomic mass is 10.1. The number of furan rings is 2. The Morgan fingerprint density at radius 2 is 1.82 bits per heavy atom. The molecule has 1 N–H and O–H groups in total. The molecule has 0 fully saturated rings. The molecule has 0 unspecified atom stereocenters. The second kappa shape index (κ2) is 10.3. The molecule has 4 rings (SSSR count). The van der Waals surface area contributed by atoms with Crippen LogP contribution in [0.15, 0.2) is 75.8 Å². The fourth-order valence-electron chi connectivity index (χ4n) is 3.58. The smallest absolute Gasteiger partial charge is 0.292 e. The molecule has 0 saturated heterocycles. The van der Waals surface area contributed by atoms with Gasteiger partial charge in [0.15, 0.2) is 0 Å². The summed E-state index contributed by atoms with van der Waals surface area (Å²) in [7, 11) is 5.42. The van der Waals surface area contributed by atoms with Crippen LogP contribution >= 0.6 is 0 Å². The summed E-state index contributed by atoms with van der Waals surface area (Å²) >= 11 is 0.